The quantitative estimate of drug-likeness (QED) is 0.363. The minimum atomic E-state index is -1.24. The van der Waals surface area contributed by atoms with Crippen LogP contribution in [0.15, 0.2) is 0 Å². The molecule has 5 N–H and O–H groups in total. The molecular weight excluding hydrogens is 254 g/mol. The Labute approximate surface area is 112 Å². The van der Waals surface area contributed by atoms with Crippen molar-refractivity contribution in [2.75, 3.05) is 13.2 Å². The fraction of sp³-hybridized carbons (Fsp3) is 0.917. The van der Waals surface area contributed by atoms with E-state index in [0.29, 0.717) is 19.3 Å². The fourth-order valence-corrected chi connectivity index (χ4v) is 2.31. The Morgan fingerprint density at radius 3 is 2.37 bits per heavy atom. The van der Waals surface area contributed by atoms with Gasteiger partial charge in [-0.3, -0.25) is 4.79 Å². The molecule has 0 aromatic carbocycles. The van der Waals surface area contributed by atoms with Crippen molar-refractivity contribution in [2.45, 2.75) is 56.6 Å². The molecule has 0 bridgehead atoms. The minimum absolute atomic E-state index is 0.0616. The standard InChI is InChI=1S/C12H23NO6/c1-7(16)13-10-8(4-2-3-5-14)19-9(6-15)11(17)12(10)18/h8-12,14-15,17-18H,2-6H2,1H3,(H,13,16)/t8?,9-,10+,11+,12-/m1/s1. The molecule has 1 aliphatic heterocycles. The van der Waals surface area contributed by atoms with Crippen LogP contribution in [0.1, 0.15) is 26.2 Å². The zero-order chi connectivity index (χ0) is 14.4. The van der Waals surface area contributed by atoms with Gasteiger partial charge in [0, 0.05) is 13.5 Å². The van der Waals surface area contributed by atoms with Crippen LogP contribution in [-0.2, 0) is 9.53 Å². The summed E-state index contributed by atoms with van der Waals surface area (Å²) in [6.07, 6.45) is -2.01. The summed E-state index contributed by atoms with van der Waals surface area (Å²) in [5, 5.41) is 40.2. The van der Waals surface area contributed by atoms with Crippen molar-refractivity contribution in [1.29, 1.82) is 0 Å². The van der Waals surface area contributed by atoms with Crippen LogP contribution in [0.3, 0.4) is 0 Å². The molecule has 112 valence electrons. The van der Waals surface area contributed by atoms with Crippen LogP contribution in [0.25, 0.3) is 0 Å². The van der Waals surface area contributed by atoms with Crippen molar-refractivity contribution >= 4 is 5.91 Å². The van der Waals surface area contributed by atoms with Crippen molar-refractivity contribution in [3.05, 3.63) is 0 Å². The highest BCUT2D eigenvalue weighted by atomic mass is 16.5. The average molecular weight is 277 g/mol. The number of carbonyl (C=O) groups excluding carboxylic acids is 1. The van der Waals surface area contributed by atoms with Gasteiger partial charge in [-0.05, 0) is 19.3 Å². The molecule has 19 heavy (non-hydrogen) atoms. The molecule has 0 aromatic rings. The molecule has 0 aliphatic carbocycles. The van der Waals surface area contributed by atoms with Gasteiger partial charge in [0.2, 0.25) is 5.91 Å². The smallest absolute Gasteiger partial charge is 0.217 e. The SMILES string of the molecule is CC(=O)N[C@H]1C(CCCCO)O[C@H](CO)[C@H](O)[C@@H]1O. The Bertz CT molecular complexity index is 287. The highest BCUT2D eigenvalue weighted by Crippen LogP contribution is 2.24. The van der Waals surface area contributed by atoms with E-state index in [4.69, 9.17) is 14.9 Å². The van der Waals surface area contributed by atoms with E-state index in [2.05, 4.69) is 5.32 Å². The third-order valence-corrected chi connectivity index (χ3v) is 3.30. The molecule has 0 radical (unpaired) electrons. The van der Waals surface area contributed by atoms with Crippen LogP contribution in [0.5, 0.6) is 0 Å². The number of hydrogen-bond acceptors (Lipinski definition) is 6. The normalized spacial score (nSPS) is 35.1. The minimum Gasteiger partial charge on any atom is -0.396 e. The van der Waals surface area contributed by atoms with E-state index < -0.39 is 37.1 Å². The maximum atomic E-state index is 11.1. The van der Waals surface area contributed by atoms with Crippen LogP contribution in [-0.4, -0.2) is 70.0 Å². The van der Waals surface area contributed by atoms with Gasteiger partial charge in [0.05, 0.1) is 18.8 Å². The van der Waals surface area contributed by atoms with E-state index in [1.807, 2.05) is 0 Å². The summed E-state index contributed by atoms with van der Waals surface area (Å²) >= 11 is 0. The highest BCUT2D eigenvalue weighted by Gasteiger charge is 2.44. The molecule has 0 saturated carbocycles. The number of carbonyl (C=O) groups is 1. The number of nitrogens with one attached hydrogen (secondary N) is 1. The largest absolute Gasteiger partial charge is 0.396 e. The first-order chi connectivity index (χ1) is 9.01. The summed E-state index contributed by atoms with van der Waals surface area (Å²) in [6.45, 7) is 0.982. The number of hydrogen-bond donors (Lipinski definition) is 5. The first-order valence-corrected chi connectivity index (χ1v) is 6.51. The van der Waals surface area contributed by atoms with Gasteiger partial charge in [-0.1, -0.05) is 0 Å². The topological polar surface area (TPSA) is 119 Å². The van der Waals surface area contributed by atoms with Crippen molar-refractivity contribution < 1.29 is 30.0 Å². The molecule has 0 spiro atoms. The van der Waals surface area contributed by atoms with Gasteiger partial charge in [0.25, 0.3) is 0 Å². The number of unbranched alkanes of at least 4 members (excludes halogenated alkanes) is 1. The first-order valence-electron chi connectivity index (χ1n) is 6.51. The summed E-state index contributed by atoms with van der Waals surface area (Å²) in [6, 6.07) is -0.714. The Hall–Kier alpha value is -0.730. The van der Waals surface area contributed by atoms with E-state index >= 15 is 0 Å². The third kappa shape index (κ3) is 4.39. The van der Waals surface area contributed by atoms with Gasteiger partial charge < -0.3 is 30.5 Å². The molecule has 1 saturated heterocycles. The summed E-state index contributed by atoms with van der Waals surface area (Å²) in [5.74, 6) is -0.325. The highest BCUT2D eigenvalue weighted by molar-refractivity contribution is 5.73. The van der Waals surface area contributed by atoms with Gasteiger partial charge in [0.15, 0.2) is 0 Å². The van der Waals surface area contributed by atoms with Crippen LogP contribution in [0.4, 0.5) is 0 Å². The molecule has 1 rings (SSSR count). The van der Waals surface area contributed by atoms with Crippen molar-refractivity contribution in [1.82, 2.24) is 5.32 Å². The molecular formula is C12H23NO6. The summed E-state index contributed by atoms with van der Waals surface area (Å²) in [5.41, 5.74) is 0. The molecule has 1 amide bonds. The van der Waals surface area contributed by atoms with E-state index in [1.165, 1.54) is 6.92 Å². The summed E-state index contributed by atoms with van der Waals surface area (Å²) in [7, 11) is 0. The van der Waals surface area contributed by atoms with Gasteiger partial charge in [0.1, 0.15) is 18.3 Å². The van der Waals surface area contributed by atoms with Gasteiger partial charge >= 0.3 is 0 Å². The third-order valence-electron chi connectivity index (χ3n) is 3.30. The second-order valence-electron chi connectivity index (χ2n) is 4.82. The Kier molecular flexibility index (Phi) is 6.67. The molecule has 5 atom stereocenters. The molecule has 7 heteroatoms. The molecule has 0 aromatic heterocycles. The Balaban J connectivity index is 2.71. The van der Waals surface area contributed by atoms with Gasteiger partial charge in [-0.15, -0.1) is 0 Å². The fourth-order valence-electron chi connectivity index (χ4n) is 2.31. The van der Waals surface area contributed by atoms with Gasteiger partial charge in [-0.2, -0.15) is 0 Å². The molecule has 7 nitrogen and oxygen atoms in total. The number of rotatable bonds is 6. The lowest BCUT2D eigenvalue weighted by molar-refractivity contribution is -0.196. The predicted molar refractivity (Wildman–Crippen MR) is 66.3 cm³/mol. The lowest BCUT2D eigenvalue weighted by Gasteiger charge is -2.42. The summed E-state index contributed by atoms with van der Waals surface area (Å²) < 4.78 is 5.52. The van der Waals surface area contributed by atoms with E-state index in [-0.39, 0.29) is 12.5 Å². The number of aliphatic hydroxyl groups is 4. The molecule has 1 fully saturated rings. The lowest BCUT2D eigenvalue weighted by atomic mass is 9.90. The van der Waals surface area contributed by atoms with E-state index in [1.54, 1.807) is 0 Å². The van der Waals surface area contributed by atoms with Crippen LogP contribution in [0, 0.1) is 0 Å². The lowest BCUT2D eigenvalue weighted by Crippen LogP contribution is -2.63. The predicted octanol–water partition coefficient (Wildman–Crippen LogP) is -1.86. The van der Waals surface area contributed by atoms with Crippen molar-refractivity contribution in [2.24, 2.45) is 0 Å². The van der Waals surface area contributed by atoms with Crippen molar-refractivity contribution in [3.8, 4) is 0 Å². The summed E-state index contributed by atoms with van der Waals surface area (Å²) in [4.78, 5) is 11.1. The van der Waals surface area contributed by atoms with Crippen molar-refractivity contribution in [3.63, 3.8) is 0 Å². The van der Waals surface area contributed by atoms with Crippen LogP contribution >= 0.6 is 0 Å². The Morgan fingerprint density at radius 2 is 1.84 bits per heavy atom. The van der Waals surface area contributed by atoms with Gasteiger partial charge in [-0.25, -0.2) is 0 Å². The van der Waals surface area contributed by atoms with Crippen LogP contribution < -0.4 is 5.32 Å². The van der Waals surface area contributed by atoms with Crippen LogP contribution in [0.2, 0.25) is 0 Å². The van der Waals surface area contributed by atoms with E-state index in [0.717, 1.165) is 0 Å². The molecule has 1 aliphatic rings. The monoisotopic (exact) mass is 277 g/mol. The first kappa shape index (κ1) is 16.3. The Morgan fingerprint density at radius 1 is 1.16 bits per heavy atom. The maximum absolute atomic E-state index is 11.1. The zero-order valence-corrected chi connectivity index (χ0v) is 11.0. The molecule has 1 unspecified atom stereocenters. The average Bonchev–Trinajstić information content (AvgIpc) is 2.37. The number of aliphatic hydroxyl groups excluding tert-OH is 4. The zero-order valence-electron chi connectivity index (χ0n) is 11.0. The second kappa shape index (κ2) is 7.76. The number of ether oxygens (including phenoxy) is 1. The molecule has 1 heterocycles. The maximum Gasteiger partial charge on any atom is 0.217 e. The van der Waals surface area contributed by atoms with E-state index in [9.17, 15) is 15.0 Å². The second-order valence-corrected chi connectivity index (χ2v) is 4.82. The number of amides is 1.